The molecule has 5 saturated heterocycles. The summed E-state index contributed by atoms with van der Waals surface area (Å²) in [6.07, 6.45) is -5.62. The number of aryl methyl sites for hydroxylation is 1. The van der Waals surface area contributed by atoms with Gasteiger partial charge in [-0.2, -0.15) is 0 Å². The van der Waals surface area contributed by atoms with Crippen LogP contribution in [0, 0.1) is 12.3 Å². The highest BCUT2D eigenvalue weighted by Gasteiger charge is 2.94. The number of Topliss-reactive ketones (excluding diaryl/α,β-unsaturated/α-hetero) is 2. The predicted molar refractivity (Wildman–Crippen MR) is 169 cm³/mol. The van der Waals surface area contributed by atoms with Gasteiger partial charge in [-0.1, -0.05) is 13.8 Å². The van der Waals surface area contributed by atoms with Crippen LogP contribution in [0.4, 0.5) is 0 Å². The largest absolute Gasteiger partial charge is 0.506 e. The Morgan fingerprint density at radius 1 is 1.10 bits per heavy atom. The van der Waals surface area contributed by atoms with E-state index in [0.29, 0.717) is 48.3 Å². The molecule has 0 saturated carbocycles. The lowest BCUT2D eigenvalue weighted by molar-refractivity contribution is -0.396. The van der Waals surface area contributed by atoms with Gasteiger partial charge in [0.1, 0.15) is 23.4 Å². The first-order chi connectivity index (χ1) is 23.6. The van der Waals surface area contributed by atoms with Gasteiger partial charge in [0, 0.05) is 34.8 Å². The minimum atomic E-state index is -2.15. The second-order valence-electron chi connectivity index (χ2n) is 15.6. The van der Waals surface area contributed by atoms with Gasteiger partial charge in [-0.3, -0.25) is 9.59 Å². The smallest absolute Gasteiger partial charge is 0.279 e. The number of phenolic OH excluding ortho intramolecular Hbond substituents is 1. The lowest BCUT2D eigenvalue weighted by Crippen LogP contribution is -2.72. The fourth-order valence-electron chi connectivity index (χ4n) is 9.20. The van der Waals surface area contributed by atoms with Gasteiger partial charge in [-0.25, -0.2) is 0 Å². The third-order valence-corrected chi connectivity index (χ3v) is 11.8. The van der Waals surface area contributed by atoms with Crippen molar-refractivity contribution < 1.29 is 67.5 Å². The standard InChI is InChI=1S/C36H42O14/c1-15-10-19-25(26(40)24-18(27(19)42-6)8-7-9-20(24)38)28-23(15)29-30-35(48-28,47-22-11-21(39)34(41,16(2)37)17(3)46-22)33(14-45-33)36(49-29,50-30)31-43-12-32(4,5)13-44-31/h10,17,21-22,29-31,39-41H,7-9,11-14H2,1-6H3/t17?,21?,22?,29-,30-,33-,34?,35+,36-/m0/s1. The molecule has 270 valence electrons. The zero-order valence-corrected chi connectivity index (χ0v) is 28.8. The van der Waals surface area contributed by atoms with Crippen LogP contribution in [0.5, 0.6) is 17.2 Å². The predicted octanol–water partition coefficient (Wildman–Crippen LogP) is 2.64. The van der Waals surface area contributed by atoms with E-state index in [9.17, 15) is 24.9 Å². The summed E-state index contributed by atoms with van der Waals surface area (Å²) in [7, 11) is 1.53. The van der Waals surface area contributed by atoms with Crippen molar-refractivity contribution >= 4 is 22.3 Å². The normalized spacial score (nSPS) is 41.2. The molecule has 1 spiro atoms. The maximum atomic E-state index is 13.3. The average molecular weight is 699 g/mol. The number of carbonyl (C=O) groups is 2. The van der Waals surface area contributed by atoms with Crippen LogP contribution in [0.3, 0.4) is 0 Å². The number of rotatable bonds is 5. The number of methoxy groups -OCH3 is 1. The van der Waals surface area contributed by atoms with E-state index in [1.165, 1.54) is 21.0 Å². The molecule has 3 N–H and O–H groups in total. The highest BCUT2D eigenvalue weighted by atomic mass is 16.9. The van der Waals surface area contributed by atoms with Crippen LogP contribution in [0.25, 0.3) is 10.8 Å². The fourth-order valence-corrected chi connectivity index (χ4v) is 9.20. The molecule has 6 aliphatic heterocycles. The third-order valence-electron chi connectivity index (χ3n) is 11.8. The monoisotopic (exact) mass is 698 g/mol. The topological polar surface area (TPSA) is 181 Å². The molecule has 0 amide bonds. The Kier molecular flexibility index (Phi) is 6.83. The summed E-state index contributed by atoms with van der Waals surface area (Å²) in [6.45, 7) is 9.33. The van der Waals surface area contributed by atoms with Gasteiger partial charge in [-0.15, -0.1) is 0 Å². The van der Waals surface area contributed by atoms with Crippen LogP contribution >= 0.6 is 0 Å². The van der Waals surface area contributed by atoms with E-state index < -0.39 is 65.6 Å². The van der Waals surface area contributed by atoms with E-state index in [2.05, 4.69) is 0 Å². The maximum Gasteiger partial charge on any atom is 0.279 e. The molecule has 2 bridgehead atoms. The highest BCUT2D eigenvalue weighted by Crippen LogP contribution is 2.72. The molecule has 9 rings (SSSR count). The van der Waals surface area contributed by atoms with Crippen molar-refractivity contribution in [3.8, 4) is 17.2 Å². The molecule has 50 heavy (non-hydrogen) atoms. The van der Waals surface area contributed by atoms with Gasteiger partial charge in [0.25, 0.3) is 11.6 Å². The van der Waals surface area contributed by atoms with Gasteiger partial charge in [0.05, 0.1) is 50.1 Å². The van der Waals surface area contributed by atoms with Crippen molar-refractivity contribution in [2.75, 3.05) is 26.9 Å². The second-order valence-corrected chi connectivity index (χ2v) is 15.6. The number of hydrogen-bond acceptors (Lipinski definition) is 14. The van der Waals surface area contributed by atoms with Crippen molar-refractivity contribution in [1.82, 2.24) is 0 Å². The van der Waals surface area contributed by atoms with E-state index in [-0.39, 0.29) is 53.1 Å². The Morgan fingerprint density at radius 2 is 1.82 bits per heavy atom. The number of ether oxygens (including phenoxy) is 9. The number of aliphatic hydroxyl groups excluding tert-OH is 1. The third kappa shape index (κ3) is 3.89. The first kappa shape index (κ1) is 33.0. The Morgan fingerprint density at radius 3 is 2.46 bits per heavy atom. The molecule has 6 heterocycles. The maximum absolute atomic E-state index is 13.3. The van der Waals surface area contributed by atoms with Gasteiger partial charge in [0.15, 0.2) is 29.6 Å². The van der Waals surface area contributed by atoms with Gasteiger partial charge >= 0.3 is 0 Å². The van der Waals surface area contributed by atoms with Crippen LogP contribution in [0.1, 0.15) is 80.1 Å². The van der Waals surface area contributed by atoms with Crippen LogP contribution < -0.4 is 9.47 Å². The molecule has 2 aromatic rings. The number of phenols is 1. The second kappa shape index (κ2) is 10.4. The van der Waals surface area contributed by atoms with E-state index >= 15 is 0 Å². The van der Waals surface area contributed by atoms with Crippen molar-refractivity contribution in [2.45, 2.75) is 120 Å². The molecule has 14 heteroatoms. The number of hydrogen-bond donors (Lipinski definition) is 3. The molecule has 1 aliphatic carbocycles. The minimum Gasteiger partial charge on any atom is -0.506 e. The number of aromatic hydroxyl groups is 1. The Labute approximate surface area is 287 Å². The summed E-state index contributed by atoms with van der Waals surface area (Å²) in [5.74, 6) is -3.92. The van der Waals surface area contributed by atoms with Crippen LogP contribution in [0.2, 0.25) is 0 Å². The van der Waals surface area contributed by atoms with Gasteiger partial charge < -0.3 is 58.0 Å². The van der Waals surface area contributed by atoms with Crippen molar-refractivity contribution in [3.05, 3.63) is 28.3 Å². The lowest BCUT2D eigenvalue weighted by atomic mass is 9.77. The van der Waals surface area contributed by atoms with Gasteiger partial charge in [0.2, 0.25) is 11.9 Å². The van der Waals surface area contributed by atoms with E-state index in [0.717, 1.165) is 5.56 Å². The number of benzene rings is 2. The molecule has 0 radical (unpaired) electrons. The van der Waals surface area contributed by atoms with Crippen LogP contribution in [-0.2, 0) is 44.4 Å². The molecular formula is C36H42O14. The van der Waals surface area contributed by atoms with Crippen LogP contribution in [-0.4, -0.2) is 107 Å². The van der Waals surface area contributed by atoms with E-state index in [1.54, 1.807) is 0 Å². The summed E-state index contributed by atoms with van der Waals surface area (Å²) in [4.78, 5) is 25.8. The summed E-state index contributed by atoms with van der Waals surface area (Å²) in [5, 5.41) is 35.0. The molecule has 7 aliphatic rings. The number of ketones is 2. The summed E-state index contributed by atoms with van der Waals surface area (Å²) in [5.41, 5.74) is -1.76. The zero-order chi connectivity index (χ0) is 35.3. The molecule has 9 atom stereocenters. The highest BCUT2D eigenvalue weighted by molar-refractivity contribution is 6.11. The quantitative estimate of drug-likeness (QED) is 0.388. The number of fused-ring (bicyclic) bond motifs is 8. The SMILES string of the molecule is COc1c2c(c(O)c3c4c(c(C)cc13)[C@@H]1O[C@@]3(C5OCC(C)(C)CO5)O[C@@H]1[C@@](OC1CC(O)C(O)(C(C)=O)C(C)O1)(O4)[C@@]31CO1)C(=O)CCC2. The Balaban J connectivity index is 1.24. The van der Waals surface area contributed by atoms with Crippen molar-refractivity contribution in [3.63, 3.8) is 0 Å². The molecule has 14 nitrogen and oxygen atoms in total. The van der Waals surface area contributed by atoms with Gasteiger partial charge in [-0.05, 0) is 45.2 Å². The molecule has 2 aromatic carbocycles. The Bertz CT molecular complexity index is 1830. The summed E-state index contributed by atoms with van der Waals surface area (Å²) < 4.78 is 58.4. The van der Waals surface area contributed by atoms with E-state index in [1.807, 2.05) is 26.8 Å². The Hall–Kier alpha value is -2.92. The van der Waals surface area contributed by atoms with Crippen LogP contribution in [0.15, 0.2) is 6.07 Å². The summed E-state index contributed by atoms with van der Waals surface area (Å²) in [6, 6.07) is 1.88. The first-order valence-electron chi connectivity index (χ1n) is 17.2. The van der Waals surface area contributed by atoms with Crippen molar-refractivity contribution in [2.24, 2.45) is 5.41 Å². The lowest BCUT2D eigenvalue weighted by Gasteiger charge is -2.52. The first-order valence-corrected chi connectivity index (χ1v) is 17.2. The molecular weight excluding hydrogens is 656 g/mol. The molecule has 5 fully saturated rings. The molecule has 0 aromatic heterocycles. The fraction of sp³-hybridized carbons (Fsp3) is 0.667. The van der Waals surface area contributed by atoms with Crippen molar-refractivity contribution in [1.29, 1.82) is 0 Å². The molecule has 4 unspecified atom stereocenters. The number of epoxide rings is 1. The van der Waals surface area contributed by atoms with E-state index in [4.69, 9.17) is 42.6 Å². The summed E-state index contributed by atoms with van der Waals surface area (Å²) >= 11 is 0. The number of aliphatic hydroxyl groups is 2. The minimum absolute atomic E-state index is 0.0350. The number of carbonyl (C=O) groups excluding carboxylic acids is 2. The zero-order valence-electron chi connectivity index (χ0n) is 28.8. The average Bonchev–Trinajstić information content (AvgIpc) is 3.72.